The van der Waals surface area contributed by atoms with Gasteiger partial charge in [-0.05, 0) is 19.8 Å². The summed E-state index contributed by atoms with van der Waals surface area (Å²) in [5.74, 6) is 1.27. The van der Waals surface area contributed by atoms with Gasteiger partial charge in [-0.15, -0.1) is 0 Å². The quantitative estimate of drug-likeness (QED) is 0.865. The number of nitrogens with zero attached hydrogens (tertiary/aromatic N) is 2. The minimum absolute atomic E-state index is 0.283. The zero-order chi connectivity index (χ0) is 12.1. The van der Waals surface area contributed by atoms with Gasteiger partial charge in [0.05, 0.1) is 18.8 Å². The van der Waals surface area contributed by atoms with E-state index in [-0.39, 0.29) is 6.04 Å². The van der Waals surface area contributed by atoms with Crippen molar-refractivity contribution < 1.29 is 4.74 Å². The highest BCUT2D eigenvalue weighted by molar-refractivity contribution is 6.32. The van der Waals surface area contributed by atoms with Gasteiger partial charge in [0, 0.05) is 13.2 Å². The summed E-state index contributed by atoms with van der Waals surface area (Å²) in [6.07, 6.45) is 3.76. The number of rotatable bonds is 4. The summed E-state index contributed by atoms with van der Waals surface area (Å²) >= 11 is 6.06. The average Bonchev–Trinajstić information content (AvgIpc) is 2.35. The van der Waals surface area contributed by atoms with Crippen LogP contribution in [0.5, 0.6) is 0 Å². The molecule has 1 saturated heterocycles. The molecule has 17 heavy (non-hydrogen) atoms. The van der Waals surface area contributed by atoms with Gasteiger partial charge >= 0.3 is 0 Å². The molecular weight excluding hydrogens is 240 g/mol. The molecule has 2 N–H and O–H groups in total. The Kier molecular flexibility index (Phi) is 4.39. The van der Waals surface area contributed by atoms with E-state index >= 15 is 0 Å². The Bertz CT molecular complexity index is 368. The van der Waals surface area contributed by atoms with Crippen LogP contribution in [-0.4, -0.2) is 35.8 Å². The van der Waals surface area contributed by atoms with Crippen molar-refractivity contribution in [1.82, 2.24) is 9.97 Å². The molecule has 1 fully saturated rings. The second-order valence-corrected chi connectivity index (χ2v) is 4.39. The van der Waals surface area contributed by atoms with Crippen LogP contribution in [0.4, 0.5) is 11.8 Å². The zero-order valence-corrected chi connectivity index (χ0v) is 10.6. The highest BCUT2D eigenvalue weighted by Crippen LogP contribution is 2.22. The third kappa shape index (κ3) is 3.44. The van der Waals surface area contributed by atoms with Gasteiger partial charge in [0.15, 0.2) is 5.82 Å². The lowest BCUT2D eigenvalue weighted by atomic mass is 10.1. The van der Waals surface area contributed by atoms with Crippen molar-refractivity contribution in [2.24, 2.45) is 0 Å². The van der Waals surface area contributed by atoms with Crippen LogP contribution in [0.15, 0.2) is 6.20 Å². The van der Waals surface area contributed by atoms with Gasteiger partial charge in [-0.3, -0.25) is 0 Å². The molecule has 0 aromatic carbocycles. The fourth-order valence-electron chi connectivity index (χ4n) is 1.76. The third-order valence-electron chi connectivity index (χ3n) is 2.58. The van der Waals surface area contributed by atoms with E-state index in [2.05, 4.69) is 20.6 Å². The molecule has 1 atom stereocenters. The van der Waals surface area contributed by atoms with Crippen molar-refractivity contribution in [1.29, 1.82) is 0 Å². The Morgan fingerprint density at radius 1 is 1.59 bits per heavy atom. The average molecular weight is 257 g/mol. The maximum absolute atomic E-state index is 6.06. The van der Waals surface area contributed by atoms with Gasteiger partial charge in [0.25, 0.3) is 0 Å². The molecule has 0 spiro atoms. The summed E-state index contributed by atoms with van der Waals surface area (Å²) in [4.78, 5) is 8.43. The van der Waals surface area contributed by atoms with Crippen molar-refractivity contribution in [3.8, 4) is 0 Å². The van der Waals surface area contributed by atoms with Gasteiger partial charge in [0.1, 0.15) is 5.02 Å². The molecule has 0 saturated carbocycles. The number of aromatic nitrogens is 2. The summed E-state index contributed by atoms with van der Waals surface area (Å²) < 4.78 is 5.41. The number of hydrogen-bond donors (Lipinski definition) is 2. The topological polar surface area (TPSA) is 59.1 Å². The molecule has 1 aliphatic rings. The lowest BCUT2D eigenvalue weighted by molar-refractivity contribution is 0.0875. The molecule has 5 nitrogen and oxygen atoms in total. The summed E-state index contributed by atoms with van der Waals surface area (Å²) in [7, 11) is 0. The van der Waals surface area contributed by atoms with E-state index in [0.29, 0.717) is 23.4 Å². The Labute approximate surface area is 106 Å². The predicted octanol–water partition coefficient (Wildman–Crippen LogP) is 2.15. The number of ether oxygens (including phenoxy) is 1. The molecule has 6 heteroatoms. The Hall–Kier alpha value is -1.07. The second kappa shape index (κ2) is 6.02. The molecule has 1 aliphatic heterocycles. The van der Waals surface area contributed by atoms with E-state index in [0.717, 1.165) is 26.0 Å². The van der Waals surface area contributed by atoms with E-state index in [4.69, 9.17) is 16.3 Å². The number of halogens is 1. The van der Waals surface area contributed by atoms with Crippen LogP contribution >= 0.6 is 11.6 Å². The molecule has 0 aliphatic carbocycles. The molecule has 94 valence electrons. The van der Waals surface area contributed by atoms with Crippen LogP contribution < -0.4 is 10.6 Å². The summed E-state index contributed by atoms with van der Waals surface area (Å²) in [6, 6.07) is 0.283. The van der Waals surface area contributed by atoms with Gasteiger partial charge in [-0.2, -0.15) is 4.98 Å². The Balaban J connectivity index is 2.04. The van der Waals surface area contributed by atoms with Gasteiger partial charge in [-0.1, -0.05) is 11.6 Å². The minimum atomic E-state index is 0.283. The van der Waals surface area contributed by atoms with Crippen LogP contribution in [0.25, 0.3) is 0 Å². The van der Waals surface area contributed by atoms with Crippen molar-refractivity contribution in [3.05, 3.63) is 11.2 Å². The van der Waals surface area contributed by atoms with E-state index in [9.17, 15) is 0 Å². The van der Waals surface area contributed by atoms with Crippen molar-refractivity contribution >= 4 is 23.4 Å². The van der Waals surface area contributed by atoms with Crippen LogP contribution in [0.2, 0.25) is 5.02 Å². The predicted molar refractivity (Wildman–Crippen MR) is 68.7 cm³/mol. The molecule has 2 heterocycles. The highest BCUT2D eigenvalue weighted by Gasteiger charge is 2.15. The first-order valence-electron chi connectivity index (χ1n) is 5.90. The summed E-state index contributed by atoms with van der Waals surface area (Å²) in [5, 5.41) is 6.90. The van der Waals surface area contributed by atoms with Crippen LogP contribution in [0, 0.1) is 0 Å². The highest BCUT2D eigenvalue weighted by atomic mass is 35.5. The maximum Gasteiger partial charge on any atom is 0.224 e. The summed E-state index contributed by atoms with van der Waals surface area (Å²) in [5.41, 5.74) is 0. The number of anilines is 2. The maximum atomic E-state index is 6.06. The van der Waals surface area contributed by atoms with Crippen LogP contribution in [0.3, 0.4) is 0 Å². The molecule has 1 unspecified atom stereocenters. The molecule has 0 amide bonds. The Morgan fingerprint density at radius 3 is 3.18 bits per heavy atom. The fraction of sp³-hybridized carbons (Fsp3) is 0.636. The molecular formula is C11H17ClN4O. The van der Waals surface area contributed by atoms with E-state index in [1.807, 2.05) is 6.92 Å². The largest absolute Gasteiger partial charge is 0.379 e. The second-order valence-electron chi connectivity index (χ2n) is 3.98. The zero-order valence-electron chi connectivity index (χ0n) is 9.87. The minimum Gasteiger partial charge on any atom is -0.379 e. The first-order chi connectivity index (χ1) is 8.29. The monoisotopic (exact) mass is 256 g/mol. The number of hydrogen-bond acceptors (Lipinski definition) is 5. The lowest BCUT2D eigenvalue weighted by Crippen LogP contribution is -2.30. The molecule has 0 bridgehead atoms. The van der Waals surface area contributed by atoms with Gasteiger partial charge in [-0.25, -0.2) is 4.98 Å². The molecule has 1 aromatic rings. The number of nitrogens with one attached hydrogen (secondary N) is 2. The normalized spacial score (nSPS) is 20.0. The molecule has 2 rings (SSSR count). The van der Waals surface area contributed by atoms with Crippen LogP contribution in [0.1, 0.15) is 19.8 Å². The lowest BCUT2D eigenvalue weighted by Gasteiger charge is -2.24. The van der Waals surface area contributed by atoms with E-state index in [1.54, 1.807) is 6.20 Å². The molecule has 0 radical (unpaired) electrons. The smallest absolute Gasteiger partial charge is 0.224 e. The van der Waals surface area contributed by atoms with Gasteiger partial charge < -0.3 is 15.4 Å². The van der Waals surface area contributed by atoms with E-state index < -0.39 is 0 Å². The van der Waals surface area contributed by atoms with Crippen molar-refractivity contribution in [2.75, 3.05) is 30.4 Å². The standard InChI is InChI=1S/C11H17ClN4O/c1-2-13-11-14-6-9(12)10(16-11)15-8-4-3-5-17-7-8/h6,8H,2-5,7H2,1H3,(H2,13,14,15,16). The first kappa shape index (κ1) is 12.4. The van der Waals surface area contributed by atoms with E-state index in [1.165, 1.54) is 0 Å². The fourth-order valence-corrected chi connectivity index (χ4v) is 1.91. The Morgan fingerprint density at radius 2 is 2.47 bits per heavy atom. The van der Waals surface area contributed by atoms with Gasteiger partial charge in [0.2, 0.25) is 5.95 Å². The first-order valence-corrected chi connectivity index (χ1v) is 6.28. The third-order valence-corrected chi connectivity index (χ3v) is 2.86. The summed E-state index contributed by atoms with van der Waals surface area (Å²) in [6.45, 7) is 4.34. The van der Waals surface area contributed by atoms with Crippen LogP contribution in [-0.2, 0) is 4.74 Å². The van der Waals surface area contributed by atoms with Crippen molar-refractivity contribution in [3.63, 3.8) is 0 Å². The molecule has 1 aromatic heterocycles. The SMILES string of the molecule is CCNc1ncc(Cl)c(NC2CCCOC2)n1. The van der Waals surface area contributed by atoms with Crippen molar-refractivity contribution in [2.45, 2.75) is 25.8 Å².